The fourth-order valence-electron chi connectivity index (χ4n) is 1.84. The second-order valence-electron chi connectivity index (χ2n) is 5.21. The van der Waals surface area contributed by atoms with Crippen LogP contribution >= 0.6 is 45.2 Å². The summed E-state index contributed by atoms with van der Waals surface area (Å²) >= 11 is 4.93. The van der Waals surface area contributed by atoms with Crippen molar-refractivity contribution in [3.05, 3.63) is 0 Å². The molecule has 0 heterocycles. The Labute approximate surface area is 125 Å². The highest BCUT2D eigenvalue weighted by Crippen LogP contribution is 2.24. The first kappa shape index (κ1) is 16.9. The molecule has 0 amide bonds. The number of alkyl halides is 2. The molecule has 0 spiro atoms. The third-order valence-electron chi connectivity index (χ3n) is 2.38. The van der Waals surface area contributed by atoms with Gasteiger partial charge in [0.2, 0.25) is 0 Å². The molecule has 0 aromatic rings. The summed E-state index contributed by atoms with van der Waals surface area (Å²) in [6, 6.07) is 2.66. The third-order valence-corrected chi connectivity index (χ3v) is 11.4. The number of hydrogen-bond acceptors (Lipinski definition) is 1. The van der Waals surface area contributed by atoms with Gasteiger partial charge in [0.05, 0.1) is 0 Å². The first-order chi connectivity index (χ1) is 6.83. The van der Waals surface area contributed by atoms with Gasteiger partial charge in [-0.3, -0.25) is 0 Å². The molecule has 0 rings (SSSR count). The Bertz CT molecular complexity index is 157. The van der Waals surface area contributed by atoms with Crippen LogP contribution in [-0.2, 0) is 4.12 Å². The van der Waals surface area contributed by atoms with Crippen molar-refractivity contribution in [2.75, 3.05) is 8.86 Å². The molecule has 0 N–H and O–H groups in total. The molecule has 0 aromatic carbocycles. The van der Waals surface area contributed by atoms with E-state index in [9.17, 15) is 0 Å². The zero-order valence-corrected chi connectivity index (χ0v) is 16.7. The van der Waals surface area contributed by atoms with E-state index in [2.05, 4.69) is 71.4 Å². The van der Waals surface area contributed by atoms with Crippen molar-refractivity contribution >= 4 is 61.8 Å². The van der Waals surface area contributed by atoms with Crippen molar-refractivity contribution in [1.82, 2.24) is 0 Å². The van der Waals surface area contributed by atoms with Crippen LogP contribution in [0.3, 0.4) is 0 Å². The number of hydrogen-bond donors (Lipinski definition) is 0. The standard InChI is InChI=1S/C10H24I2OSi2/c1-14(2,9-5-7-11)13-15(3,4)10-6-8-12/h5-10H2,1-4H3. The van der Waals surface area contributed by atoms with Crippen LogP contribution in [-0.4, -0.2) is 25.5 Å². The molecule has 0 saturated carbocycles. The second kappa shape index (κ2) is 8.04. The molecular formula is C10H24I2OSi2. The summed E-state index contributed by atoms with van der Waals surface area (Å²) in [4.78, 5) is 0. The quantitative estimate of drug-likeness (QED) is 0.274. The normalized spacial score (nSPS) is 13.2. The van der Waals surface area contributed by atoms with E-state index in [1.165, 1.54) is 33.8 Å². The average molecular weight is 470 g/mol. The van der Waals surface area contributed by atoms with Gasteiger partial charge in [0.1, 0.15) is 0 Å². The van der Waals surface area contributed by atoms with Gasteiger partial charge >= 0.3 is 0 Å². The molecule has 0 unspecified atom stereocenters. The lowest BCUT2D eigenvalue weighted by Crippen LogP contribution is -2.44. The van der Waals surface area contributed by atoms with Crippen molar-refractivity contribution in [3.8, 4) is 0 Å². The van der Waals surface area contributed by atoms with Crippen LogP contribution in [0.25, 0.3) is 0 Å². The lowest BCUT2D eigenvalue weighted by Gasteiger charge is -2.34. The zero-order valence-electron chi connectivity index (χ0n) is 10.4. The summed E-state index contributed by atoms with van der Waals surface area (Å²) in [5, 5.41) is 0. The molecule has 0 aliphatic carbocycles. The van der Waals surface area contributed by atoms with Crippen LogP contribution in [0, 0.1) is 0 Å². The van der Waals surface area contributed by atoms with Crippen molar-refractivity contribution in [2.45, 2.75) is 51.1 Å². The highest BCUT2D eigenvalue weighted by Gasteiger charge is 2.31. The Balaban J connectivity index is 4.04. The summed E-state index contributed by atoms with van der Waals surface area (Å²) < 4.78 is 9.04. The van der Waals surface area contributed by atoms with E-state index in [4.69, 9.17) is 4.12 Å². The highest BCUT2D eigenvalue weighted by atomic mass is 127. The lowest BCUT2D eigenvalue weighted by atomic mass is 10.6. The predicted octanol–water partition coefficient (Wildman–Crippen LogP) is 5.06. The Hall–Kier alpha value is 1.85. The van der Waals surface area contributed by atoms with Crippen molar-refractivity contribution in [3.63, 3.8) is 0 Å². The predicted molar refractivity (Wildman–Crippen MR) is 92.7 cm³/mol. The van der Waals surface area contributed by atoms with Gasteiger partial charge in [-0.15, -0.1) is 0 Å². The van der Waals surface area contributed by atoms with Gasteiger partial charge in [0.25, 0.3) is 0 Å². The van der Waals surface area contributed by atoms with Gasteiger partial charge in [0.15, 0.2) is 16.6 Å². The van der Waals surface area contributed by atoms with Crippen LogP contribution in [0.4, 0.5) is 0 Å². The van der Waals surface area contributed by atoms with Crippen molar-refractivity contribution in [2.24, 2.45) is 0 Å². The zero-order chi connectivity index (χ0) is 11.9. The van der Waals surface area contributed by atoms with E-state index in [-0.39, 0.29) is 0 Å². The first-order valence-electron chi connectivity index (χ1n) is 5.65. The van der Waals surface area contributed by atoms with Gasteiger partial charge < -0.3 is 4.12 Å². The minimum absolute atomic E-state index is 1.27. The molecule has 0 atom stereocenters. The van der Waals surface area contributed by atoms with Gasteiger partial charge in [-0.1, -0.05) is 45.2 Å². The molecule has 0 radical (unpaired) electrons. The minimum Gasteiger partial charge on any atom is -0.455 e. The second-order valence-corrected chi connectivity index (χ2v) is 16.2. The SMILES string of the molecule is C[Si](C)(CCCI)O[Si](C)(C)CCCI. The van der Waals surface area contributed by atoms with E-state index in [1.807, 2.05) is 0 Å². The van der Waals surface area contributed by atoms with Gasteiger partial charge in [-0.05, 0) is 60.0 Å². The first-order valence-corrected chi connectivity index (χ1v) is 14.9. The van der Waals surface area contributed by atoms with Crippen LogP contribution in [0.2, 0.25) is 38.3 Å². The molecule has 0 aliphatic heterocycles. The maximum atomic E-state index is 6.50. The highest BCUT2D eigenvalue weighted by molar-refractivity contribution is 14.1. The molecule has 0 saturated heterocycles. The van der Waals surface area contributed by atoms with Crippen LogP contribution in [0.5, 0.6) is 0 Å². The Kier molecular flexibility index (Phi) is 9.04. The third kappa shape index (κ3) is 9.55. The van der Waals surface area contributed by atoms with E-state index in [1.54, 1.807) is 0 Å². The number of halogens is 2. The fraction of sp³-hybridized carbons (Fsp3) is 1.00. The van der Waals surface area contributed by atoms with Gasteiger partial charge in [0, 0.05) is 0 Å². The molecular weight excluding hydrogens is 446 g/mol. The fourth-order valence-corrected chi connectivity index (χ4v) is 12.9. The maximum absolute atomic E-state index is 6.50. The minimum atomic E-state index is -1.36. The molecule has 0 aromatic heterocycles. The van der Waals surface area contributed by atoms with E-state index in [0.29, 0.717) is 0 Å². The lowest BCUT2D eigenvalue weighted by molar-refractivity contribution is 0.535. The molecule has 0 fully saturated rings. The van der Waals surface area contributed by atoms with E-state index >= 15 is 0 Å². The smallest absolute Gasteiger partial charge is 0.173 e. The molecule has 1 nitrogen and oxygen atoms in total. The summed E-state index contributed by atoms with van der Waals surface area (Å²) in [6.07, 6.45) is 2.66. The van der Waals surface area contributed by atoms with Gasteiger partial charge in [-0.25, -0.2) is 0 Å². The topological polar surface area (TPSA) is 9.23 Å². The summed E-state index contributed by atoms with van der Waals surface area (Å²) in [7, 11) is -2.71. The Morgan fingerprint density at radius 3 is 1.40 bits per heavy atom. The molecule has 15 heavy (non-hydrogen) atoms. The van der Waals surface area contributed by atoms with Crippen LogP contribution in [0.15, 0.2) is 0 Å². The van der Waals surface area contributed by atoms with Crippen molar-refractivity contribution < 1.29 is 4.12 Å². The molecule has 0 bridgehead atoms. The monoisotopic (exact) mass is 470 g/mol. The van der Waals surface area contributed by atoms with Crippen LogP contribution in [0.1, 0.15) is 12.8 Å². The largest absolute Gasteiger partial charge is 0.455 e. The van der Waals surface area contributed by atoms with Gasteiger partial charge in [-0.2, -0.15) is 0 Å². The molecule has 0 aliphatic rings. The Morgan fingerprint density at radius 2 is 1.13 bits per heavy atom. The van der Waals surface area contributed by atoms with Crippen LogP contribution < -0.4 is 0 Å². The molecule has 5 heteroatoms. The summed E-state index contributed by atoms with van der Waals surface area (Å²) in [6.45, 7) is 9.55. The maximum Gasteiger partial charge on any atom is 0.173 e. The van der Waals surface area contributed by atoms with Crippen molar-refractivity contribution in [1.29, 1.82) is 0 Å². The number of rotatable bonds is 8. The Morgan fingerprint density at radius 1 is 0.800 bits per heavy atom. The average Bonchev–Trinajstić information content (AvgIpc) is 2.10. The molecule has 92 valence electrons. The van der Waals surface area contributed by atoms with E-state index in [0.717, 1.165) is 0 Å². The summed E-state index contributed by atoms with van der Waals surface area (Å²) in [5.74, 6) is 0. The van der Waals surface area contributed by atoms with E-state index < -0.39 is 16.6 Å². The summed E-state index contributed by atoms with van der Waals surface area (Å²) in [5.41, 5.74) is 0.